The zero-order valence-electron chi connectivity index (χ0n) is 13.8. The van der Waals surface area contributed by atoms with Gasteiger partial charge in [0.05, 0.1) is 18.3 Å². The van der Waals surface area contributed by atoms with E-state index in [0.717, 1.165) is 12.8 Å². The zero-order chi connectivity index (χ0) is 16.8. The summed E-state index contributed by atoms with van der Waals surface area (Å²) in [5.41, 5.74) is 3.30. The second-order valence-electron chi connectivity index (χ2n) is 7.12. The molecule has 0 saturated carbocycles. The molecular weight excluding hydrogens is 316 g/mol. The van der Waals surface area contributed by atoms with E-state index in [1.54, 1.807) is 12.1 Å². The summed E-state index contributed by atoms with van der Waals surface area (Å²) in [7, 11) is 0. The molecule has 4 nitrogen and oxygen atoms in total. The number of ether oxygens (including phenoxy) is 3. The van der Waals surface area contributed by atoms with Gasteiger partial charge in [0.1, 0.15) is 0 Å². The maximum atomic E-state index is 12.6. The van der Waals surface area contributed by atoms with E-state index in [1.165, 1.54) is 11.1 Å². The minimum absolute atomic E-state index is 0.107. The minimum Gasteiger partial charge on any atom is -0.453 e. The fraction of sp³-hybridized carbons (Fsp3) is 0.381. The van der Waals surface area contributed by atoms with Gasteiger partial charge in [-0.25, -0.2) is 4.79 Å². The molecule has 2 aromatic rings. The van der Waals surface area contributed by atoms with Crippen LogP contribution in [0.4, 0.5) is 0 Å². The van der Waals surface area contributed by atoms with Gasteiger partial charge in [-0.15, -0.1) is 0 Å². The average Bonchev–Trinajstić information content (AvgIpc) is 3.10. The van der Waals surface area contributed by atoms with Crippen molar-refractivity contribution in [3.63, 3.8) is 0 Å². The number of rotatable bonds is 2. The first-order valence-electron chi connectivity index (χ1n) is 8.89. The standard InChI is InChI=1S/C21H20O4/c22-20(13-6-2-1-3-7-13)25-19-17-11-15-9-5-4-8-14(15)10-16(17)18-12-23-21(19)24-18/h1-9,16-19,21H,10-12H2/t16-,17+,18?,19+,21?/m0/s1. The van der Waals surface area contributed by atoms with Crippen molar-refractivity contribution in [1.82, 2.24) is 0 Å². The largest absolute Gasteiger partial charge is 0.453 e. The highest BCUT2D eigenvalue weighted by Crippen LogP contribution is 2.44. The van der Waals surface area contributed by atoms with Gasteiger partial charge < -0.3 is 14.2 Å². The third kappa shape index (κ3) is 2.57. The fourth-order valence-corrected chi connectivity index (χ4v) is 4.48. The molecule has 3 aliphatic rings. The van der Waals surface area contributed by atoms with E-state index in [1.807, 2.05) is 18.2 Å². The van der Waals surface area contributed by atoms with Crippen molar-refractivity contribution in [2.24, 2.45) is 11.8 Å². The quantitative estimate of drug-likeness (QED) is 0.791. The highest BCUT2D eigenvalue weighted by atomic mass is 16.7. The van der Waals surface area contributed by atoms with Crippen LogP contribution in [0.25, 0.3) is 0 Å². The highest BCUT2D eigenvalue weighted by molar-refractivity contribution is 5.89. The number of carbonyl (C=O) groups is 1. The Kier molecular flexibility index (Phi) is 3.61. The number of hydrogen-bond donors (Lipinski definition) is 0. The van der Waals surface area contributed by atoms with E-state index in [0.29, 0.717) is 18.1 Å². The van der Waals surface area contributed by atoms with Gasteiger partial charge in [0.25, 0.3) is 0 Å². The maximum absolute atomic E-state index is 12.6. The predicted molar refractivity (Wildman–Crippen MR) is 91.1 cm³/mol. The lowest BCUT2D eigenvalue weighted by molar-refractivity contribution is -0.195. The zero-order valence-corrected chi connectivity index (χ0v) is 13.8. The molecule has 5 rings (SSSR count). The number of hydrogen-bond acceptors (Lipinski definition) is 4. The monoisotopic (exact) mass is 336 g/mol. The van der Waals surface area contributed by atoms with Crippen LogP contribution in [0, 0.1) is 11.8 Å². The predicted octanol–water partition coefficient (Wildman–Crippen LogP) is 3.00. The van der Waals surface area contributed by atoms with E-state index in [-0.39, 0.29) is 24.1 Å². The average molecular weight is 336 g/mol. The number of esters is 1. The molecule has 4 heteroatoms. The molecule has 2 fully saturated rings. The SMILES string of the molecule is O=C(O[C@H]1C2OCC(O2)[C@H]2Cc3ccccc3C[C@H]21)c1ccccc1. The third-order valence-corrected chi connectivity index (χ3v) is 5.73. The number of benzene rings is 2. The number of carbonyl (C=O) groups excluding carboxylic acids is 1. The van der Waals surface area contributed by atoms with Crippen molar-refractivity contribution in [2.75, 3.05) is 6.61 Å². The summed E-state index contributed by atoms with van der Waals surface area (Å²) in [6, 6.07) is 17.7. The van der Waals surface area contributed by atoms with E-state index < -0.39 is 6.29 Å². The van der Waals surface area contributed by atoms with Crippen LogP contribution in [0.15, 0.2) is 54.6 Å². The molecule has 0 radical (unpaired) electrons. The van der Waals surface area contributed by atoms with Crippen LogP contribution in [0.1, 0.15) is 21.5 Å². The van der Waals surface area contributed by atoms with Gasteiger partial charge in [0, 0.05) is 5.92 Å². The second kappa shape index (κ2) is 5.97. The van der Waals surface area contributed by atoms with Crippen LogP contribution in [0.3, 0.4) is 0 Å². The molecule has 0 amide bonds. The first-order valence-corrected chi connectivity index (χ1v) is 8.89. The smallest absolute Gasteiger partial charge is 0.338 e. The van der Waals surface area contributed by atoms with Gasteiger partial charge in [0.15, 0.2) is 12.4 Å². The Morgan fingerprint density at radius 1 is 0.920 bits per heavy atom. The van der Waals surface area contributed by atoms with Crippen molar-refractivity contribution in [3.05, 3.63) is 71.3 Å². The molecule has 2 bridgehead atoms. The fourth-order valence-electron chi connectivity index (χ4n) is 4.48. The van der Waals surface area contributed by atoms with Gasteiger partial charge in [-0.1, -0.05) is 42.5 Å². The van der Waals surface area contributed by atoms with E-state index in [4.69, 9.17) is 14.2 Å². The molecule has 2 aromatic carbocycles. The van der Waals surface area contributed by atoms with Crippen molar-refractivity contribution in [3.8, 4) is 0 Å². The Morgan fingerprint density at radius 2 is 1.60 bits per heavy atom. The van der Waals surface area contributed by atoms with Gasteiger partial charge in [-0.2, -0.15) is 0 Å². The van der Waals surface area contributed by atoms with E-state index in [2.05, 4.69) is 24.3 Å². The maximum Gasteiger partial charge on any atom is 0.338 e. The Morgan fingerprint density at radius 3 is 2.36 bits per heavy atom. The molecule has 2 heterocycles. The molecule has 128 valence electrons. The lowest BCUT2D eigenvalue weighted by Crippen LogP contribution is -2.51. The van der Waals surface area contributed by atoms with E-state index in [9.17, 15) is 4.79 Å². The van der Waals surface area contributed by atoms with Crippen LogP contribution in [0.5, 0.6) is 0 Å². The Balaban J connectivity index is 1.44. The van der Waals surface area contributed by atoms with Crippen molar-refractivity contribution < 1.29 is 19.0 Å². The molecule has 2 saturated heterocycles. The third-order valence-electron chi connectivity index (χ3n) is 5.73. The molecule has 5 atom stereocenters. The molecule has 0 N–H and O–H groups in total. The summed E-state index contributed by atoms with van der Waals surface area (Å²) < 4.78 is 17.8. The summed E-state index contributed by atoms with van der Waals surface area (Å²) in [5, 5.41) is 0. The Labute approximate surface area is 146 Å². The summed E-state index contributed by atoms with van der Waals surface area (Å²) in [6.45, 7) is 0.591. The summed E-state index contributed by atoms with van der Waals surface area (Å²) in [6.07, 6.45) is 1.18. The molecule has 2 unspecified atom stereocenters. The molecular formula is C21H20O4. The van der Waals surface area contributed by atoms with Crippen LogP contribution in [0.2, 0.25) is 0 Å². The van der Waals surface area contributed by atoms with E-state index >= 15 is 0 Å². The Bertz CT molecular complexity index is 787. The second-order valence-corrected chi connectivity index (χ2v) is 7.12. The van der Waals surface area contributed by atoms with Crippen LogP contribution >= 0.6 is 0 Å². The van der Waals surface area contributed by atoms with Gasteiger partial charge in [0.2, 0.25) is 0 Å². The first kappa shape index (κ1) is 15.1. The summed E-state index contributed by atoms with van der Waals surface area (Å²) in [4.78, 5) is 12.6. The molecule has 1 aliphatic carbocycles. The van der Waals surface area contributed by atoms with Crippen molar-refractivity contribution in [2.45, 2.75) is 31.3 Å². The molecule has 0 spiro atoms. The molecule has 25 heavy (non-hydrogen) atoms. The lowest BCUT2D eigenvalue weighted by Gasteiger charge is -2.43. The van der Waals surface area contributed by atoms with Gasteiger partial charge in [-0.3, -0.25) is 0 Å². The van der Waals surface area contributed by atoms with Crippen molar-refractivity contribution >= 4 is 5.97 Å². The summed E-state index contributed by atoms with van der Waals surface area (Å²) >= 11 is 0. The normalized spacial score (nSPS) is 32.6. The molecule has 0 aromatic heterocycles. The van der Waals surface area contributed by atoms with Crippen LogP contribution < -0.4 is 0 Å². The van der Waals surface area contributed by atoms with Crippen LogP contribution in [-0.4, -0.2) is 31.1 Å². The van der Waals surface area contributed by atoms with Crippen LogP contribution in [-0.2, 0) is 27.1 Å². The van der Waals surface area contributed by atoms with Gasteiger partial charge >= 0.3 is 5.97 Å². The first-order chi connectivity index (χ1) is 12.3. The van der Waals surface area contributed by atoms with Gasteiger partial charge in [-0.05, 0) is 42.0 Å². The highest BCUT2D eigenvalue weighted by Gasteiger charge is 2.53. The summed E-state index contributed by atoms with van der Waals surface area (Å²) in [5.74, 6) is 0.275. The Hall–Kier alpha value is -2.17. The number of fused-ring (bicyclic) bond motifs is 5. The minimum atomic E-state index is -0.441. The van der Waals surface area contributed by atoms with Crippen molar-refractivity contribution in [1.29, 1.82) is 0 Å². The molecule has 2 aliphatic heterocycles. The lowest BCUT2D eigenvalue weighted by atomic mass is 9.70. The topological polar surface area (TPSA) is 44.8 Å².